The average Bonchev–Trinajstić information content (AvgIpc) is 2.48. The van der Waals surface area contributed by atoms with Crippen LogP contribution in [0.25, 0.3) is 0 Å². The maximum Gasteiger partial charge on any atom is 0.151 e. The Hall–Kier alpha value is -2.03. The Balaban J connectivity index is 1.90. The Morgan fingerprint density at radius 3 is 2.85 bits per heavy atom. The van der Waals surface area contributed by atoms with Gasteiger partial charge in [0.05, 0.1) is 11.7 Å². The Morgan fingerprint density at radius 1 is 1.15 bits per heavy atom. The fourth-order valence-corrected chi connectivity index (χ4v) is 2.96. The van der Waals surface area contributed by atoms with Crippen LogP contribution >= 0.6 is 0 Å². The number of nitrogens with zero attached hydrogens (tertiary/aromatic N) is 2. The lowest BCUT2D eigenvalue weighted by atomic mass is 9.87. The molecule has 2 aromatic rings. The summed E-state index contributed by atoms with van der Waals surface area (Å²) in [6, 6.07) is 13.3. The lowest BCUT2D eigenvalue weighted by molar-refractivity contribution is 0.600. The number of rotatable bonds is 3. The second kappa shape index (κ2) is 5.53. The lowest BCUT2D eigenvalue weighted by Gasteiger charge is -2.28. The number of aromatic nitrogens is 1. The van der Waals surface area contributed by atoms with E-state index in [1.165, 1.54) is 30.4 Å². The number of hydrogen-bond donors (Lipinski definition) is 1. The Kier molecular flexibility index (Phi) is 3.59. The molecule has 1 heterocycles. The fraction of sp³-hybridized carbons (Fsp3) is 0.353. The molecular weight excluding hydrogens is 246 g/mol. The highest BCUT2D eigenvalue weighted by molar-refractivity contribution is 5.65. The molecule has 3 nitrogen and oxygen atoms in total. The van der Waals surface area contributed by atoms with Gasteiger partial charge in [-0.15, -0.1) is 0 Å². The first kappa shape index (κ1) is 13.0. The van der Waals surface area contributed by atoms with Crippen LogP contribution in [0.4, 0.5) is 11.5 Å². The molecule has 1 aliphatic rings. The number of aryl methyl sites for hydroxylation is 1. The molecule has 1 aromatic heterocycles. The predicted molar refractivity (Wildman–Crippen MR) is 84.3 cm³/mol. The summed E-state index contributed by atoms with van der Waals surface area (Å²) >= 11 is 0. The molecule has 3 rings (SSSR count). The third kappa shape index (κ3) is 2.48. The van der Waals surface area contributed by atoms with Crippen LogP contribution in [-0.4, -0.2) is 19.1 Å². The van der Waals surface area contributed by atoms with Crippen molar-refractivity contribution in [3.05, 3.63) is 53.7 Å². The van der Waals surface area contributed by atoms with Crippen molar-refractivity contribution >= 4 is 11.5 Å². The van der Waals surface area contributed by atoms with Gasteiger partial charge in [-0.3, -0.25) is 0 Å². The van der Waals surface area contributed by atoms with Crippen LogP contribution in [0, 0.1) is 0 Å². The van der Waals surface area contributed by atoms with Crippen LogP contribution in [0.15, 0.2) is 42.6 Å². The van der Waals surface area contributed by atoms with Gasteiger partial charge in [0.1, 0.15) is 0 Å². The van der Waals surface area contributed by atoms with Gasteiger partial charge in [-0.2, -0.15) is 0 Å². The van der Waals surface area contributed by atoms with Gasteiger partial charge >= 0.3 is 0 Å². The molecule has 1 N–H and O–H groups in total. The molecule has 0 saturated heterocycles. The number of fused-ring (bicyclic) bond motifs is 1. The average molecular weight is 267 g/mol. The molecule has 0 saturated carbocycles. The van der Waals surface area contributed by atoms with E-state index in [9.17, 15) is 0 Å². The number of benzene rings is 1. The number of nitrogens with one attached hydrogen (secondary N) is 1. The molecule has 1 atom stereocenters. The van der Waals surface area contributed by atoms with E-state index in [4.69, 9.17) is 0 Å². The second-order valence-electron chi connectivity index (χ2n) is 5.56. The maximum absolute atomic E-state index is 4.46. The van der Waals surface area contributed by atoms with E-state index in [1.54, 1.807) is 0 Å². The van der Waals surface area contributed by atoms with Crippen molar-refractivity contribution in [2.24, 2.45) is 0 Å². The van der Waals surface area contributed by atoms with Crippen LogP contribution < -0.4 is 10.2 Å². The highest BCUT2D eigenvalue weighted by atomic mass is 15.2. The van der Waals surface area contributed by atoms with Gasteiger partial charge in [0.25, 0.3) is 0 Å². The first-order valence-electron chi connectivity index (χ1n) is 7.22. The lowest BCUT2D eigenvalue weighted by Crippen LogP contribution is -2.20. The minimum atomic E-state index is 0.392. The summed E-state index contributed by atoms with van der Waals surface area (Å²) in [4.78, 5) is 6.52. The Labute approximate surface area is 120 Å². The van der Waals surface area contributed by atoms with E-state index < -0.39 is 0 Å². The highest BCUT2D eigenvalue weighted by Crippen LogP contribution is 2.34. The fourth-order valence-electron chi connectivity index (χ4n) is 2.96. The highest BCUT2D eigenvalue weighted by Gasteiger charge is 2.20. The zero-order chi connectivity index (χ0) is 13.9. The molecule has 0 aliphatic heterocycles. The molecule has 0 bridgehead atoms. The van der Waals surface area contributed by atoms with Crippen LogP contribution in [0.2, 0.25) is 0 Å². The first-order chi connectivity index (χ1) is 9.75. The molecule has 0 radical (unpaired) electrons. The van der Waals surface area contributed by atoms with Gasteiger partial charge < -0.3 is 10.2 Å². The zero-order valence-corrected chi connectivity index (χ0v) is 12.1. The summed E-state index contributed by atoms with van der Waals surface area (Å²) < 4.78 is 0. The smallest absolute Gasteiger partial charge is 0.151 e. The molecule has 0 fully saturated rings. The summed E-state index contributed by atoms with van der Waals surface area (Å²) in [6.45, 7) is 0. The van der Waals surface area contributed by atoms with Crippen molar-refractivity contribution in [1.82, 2.24) is 4.98 Å². The third-order valence-electron chi connectivity index (χ3n) is 3.91. The van der Waals surface area contributed by atoms with Crippen molar-refractivity contribution in [3.63, 3.8) is 0 Å². The van der Waals surface area contributed by atoms with Gasteiger partial charge in [-0.05, 0) is 42.5 Å². The van der Waals surface area contributed by atoms with E-state index in [0.29, 0.717) is 6.04 Å². The normalized spacial score (nSPS) is 17.4. The largest absolute Gasteiger partial charge is 0.375 e. The molecular formula is C17H21N3. The topological polar surface area (TPSA) is 28.2 Å². The van der Waals surface area contributed by atoms with E-state index in [-0.39, 0.29) is 0 Å². The van der Waals surface area contributed by atoms with E-state index >= 15 is 0 Å². The number of pyridine rings is 1. The SMILES string of the molecule is CN(C)c1ncccc1NC1CCCc2ccccc21. The summed E-state index contributed by atoms with van der Waals surface area (Å²) in [5.74, 6) is 0.996. The van der Waals surface area contributed by atoms with Crippen LogP contribution in [-0.2, 0) is 6.42 Å². The second-order valence-corrected chi connectivity index (χ2v) is 5.56. The first-order valence-corrected chi connectivity index (χ1v) is 7.22. The van der Waals surface area contributed by atoms with Crippen molar-refractivity contribution in [2.75, 3.05) is 24.3 Å². The third-order valence-corrected chi connectivity index (χ3v) is 3.91. The zero-order valence-electron chi connectivity index (χ0n) is 12.1. The Bertz CT molecular complexity index is 592. The van der Waals surface area contributed by atoms with Crippen molar-refractivity contribution in [3.8, 4) is 0 Å². The monoisotopic (exact) mass is 267 g/mol. The standard InChI is InChI=1S/C17H21N3/c1-20(2)17-16(11-6-12-18-17)19-15-10-5-8-13-7-3-4-9-14(13)15/h3-4,6-7,9,11-12,15,19H,5,8,10H2,1-2H3. The molecule has 104 valence electrons. The van der Waals surface area contributed by atoms with Gasteiger partial charge in [0.15, 0.2) is 5.82 Å². The predicted octanol–water partition coefficient (Wildman–Crippen LogP) is 3.64. The van der Waals surface area contributed by atoms with Crippen LogP contribution in [0.3, 0.4) is 0 Å². The van der Waals surface area contributed by atoms with Gasteiger partial charge in [-0.25, -0.2) is 4.98 Å². The molecule has 20 heavy (non-hydrogen) atoms. The Morgan fingerprint density at radius 2 is 2.00 bits per heavy atom. The summed E-state index contributed by atoms with van der Waals surface area (Å²) in [5.41, 5.74) is 4.03. The van der Waals surface area contributed by atoms with Crippen LogP contribution in [0.1, 0.15) is 30.0 Å². The van der Waals surface area contributed by atoms with Crippen molar-refractivity contribution < 1.29 is 0 Å². The maximum atomic E-state index is 4.46. The molecule has 0 spiro atoms. The van der Waals surface area contributed by atoms with Crippen LogP contribution in [0.5, 0.6) is 0 Å². The number of anilines is 2. The molecule has 0 amide bonds. The van der Waals surface area contributed by atoms with Crippen molar-refractivity contribution in [2.45, 2.75) is 25.3 Å². The molecule has 1 aliphatic carbocycles. The quantitative estimate of drug-likeness (QED) is 0.920. The van der Waals surface area contributed by atoms with Crippen molar-refractivity contribution in [1.29, 1.82) is 0 Å². The van der Waals surface area contributed by atoms with E-state index in [1.807, 2.05) is 26.4 Å². The van der Waals surface area contributed by atoms with E-state index in [0.717, 1.165) is 11.5 Å². The minimum absolute atomic E-state index is 0.392. The van der Waals surface area contributed by atoms with Gasteiger partial charge in [0, 0.05) is 20.3 Å². The van der Waals surface area contributed by atoms with Gasteiger partial charge in [-0.1, -0.05) is 24.3 Å². The summed E-state index contributed by atoms with van der Waals surface area (Å²) in [7, 11) is 4.06. The molecule has 1 aromatic carbocycles. The minimum Gasteiger partial charge on any atom is -0.375 e. The molecule has 3 heteroatoms. The number of hydrogen-bond acceptors (Lipinski definition) is 3. The van der Waals surface area contributed by atoms with E-state index in [2.05, 4.69) is 45.5 Å². The summed E-state index contributed by atoms with van der Waals surface area (Å²) in [5, 5.41) is 3.68. The summed E-state index contributed by atoms with van der Waals surface area (Å²) in [6.07, 6.45) is 5.46. The van der Waals surface area contributed by atoms with Gasteiger partial charge in [0.2, 0.25) is 0 Å². The molecule has 1 unspecified atom stereocenters.